The monoisotopic (exact) mass is 306 g/mol. The number of carbonyl (C=O) groups is 1. The number of pyridine rings is 1. The Kier molecular flexibility index (Phi) is 4.65. The minimum Gasteiger partial charge on any atom is -0.336 e. The second-order valence-electron chi connectivity index (χ2n) is 5.51. The van der Waals surface area contributed by atoms with Crippen molar-refractivity contribution in [2.24, 2.45) is 0 Å². The van der Waals surface area contributed by atoms with E-state index in [0.717, 1.165) is 5.56 Å². The fourth-order valence-corrected chi connectivity index (χ4v) is 2.85. The van der Waals surface area contributed by atoms with Crippen LogP contribution in [0, 0.1) is 11.3 Å². The van der Waals surface area contributed by atoms with Crippen LogP contribution < -0.4 is 0 Å². The second-order valence-corrected chi connectivity index (χ2v) is 5.51. The van der Waals surface area contributed by atoms with Crippen molar-refractivity contribution in [3.8, 4) is 6.07 Å². The van der Waals surface area contributed by atoms with Gasteiger partial charge in [0.15, 0.2) is 0 Å². The fraction of sp³-hybridized carbons (Fsp3) is 0.278. The van der Waals surface area contributed by atoms with Gasteiger partial charge in [-0.05, 0) is 18.2 Å². The lowest BCUT2D eigenvalue weighted by molar-refractivity contribution is 0.0606. The van der Waals surface area contributed by atoms with Crippen LogP contribution >= 0.6 is 0 Å². The van der Waals surface area contributed by atoms with Gasteiger partial charge in [-0.2, -0.15) is 5.26 Å². The van der Waals surface area contributed by atoms with Gasteiger partial charge in [-0.25, -0.2) is 0 Å². The van der Waals surface area contributed by atoms with Gasteiger partial charge in [-0.3, -0.25) is 14.7 Å². The van der Waals surface area contributed by atoms with Crippen molar-refractivity contribution in [1.82, 2.24) is 14.8 Å². The first-order chi connectivity index (χ1) is 11.3. The quantitative estimate of drug-likeness (QED) is 0.871. The van der Waals surface area contributed by atoms with Gasteiger partial charge < -0.3 is 4.90 Å². The highest BCUT2D eigenvalue weighted by atomic mass is 16.2. The lowest BCUT2D eigenvalue weighted by Crippen LogP contribution is -2.49. The summed E-state index contributed by atoms with van der Waals surface area (Å²) in [7, 11) is 0. The standard InChI is InChI=1S/C18H18N4O/c19-13-17(16-7-4-8-20-14-16)21-9-11-22(12-10-21)18(23)15-5-2-1-3-6-15/h1-8,14,17H,9-12H2. The number of hydrogen-bond donors (Lipinski definition) is 0. The Morgan fingerprint density at radius 3 is 2.43 bits per heavy atom. The number of piperazine rings is 1. The number of amides is 1. The number of carbonyl (C=O) groups excluding carboxylic acids is 1. The van der Waals surface area contributed by atoms with Crippen molar-refractivity contribution >= 4 is 5.91 Å². The third-order valence-corrected chi connectivity index (χ3v) is 4.11. The zero-order valence-electron chi connectivity index (χ0n) is 12.8. The van der Waals surface area contributed by atoms with Gasteiger partial charge in [-0.1, -0.05) is 24.3 Å². The third kappa shape index (κ3) is 3.38. The predicted octanol–water partition coefficient (Wildman–Crippen LogP) is 2.10. The molecule has 0 spiro atoms. The summed E-state index contributed by atoms with van der Waals surface area (Å²) < 4.78 is 0. The molecule has 0 bridgehead atoms. The molecule has 1 aliphatic heterocycles. The van der Waals surface area contributed by atoms with Gasteiger partial charge in [0.25, 0.3) is 5.91 Å². The van der Waals surface area contributed by atoms with E-state index in [1.54, 1.807) is 12.4 Å². The Morgan fingerprint density at radius 1 is 1.09 bits per heavy atom. The number of rotatable bonds is 3. The Hall–Kier alpha value is -2.71. The molecule has 116 valence electrons. The first kappa shape index (κ1) is 15.2. The van der Waals surface area contributed by atoms with E-state index in [4.69, 9.17) is 0 Å². The topological polar surface area (TPSA) is 60.2 Å². The van der Waals surface area contributed by atoms with E-state index < -0.39 is 0 Å². The maximum atomic E-state index is 12.4. The minimum atomic E-state index is -0.308. The molecule has 5 heteroatoms. The van der Waals surface area contributed by atoms with Crippen LogP contribution in [0.15, 0.2) is 54.9 Å². The number of nitriles is 1. The summed E-state index contributed by atoms with van der Waals surface area (Å²) in [6, 6.07) is 15.1. The van der Waals surface area contributed by atoms with Gasteiger partial charge in [0, 0.05) is 49.7 Å². The summed E-state index contributed by atoms with van der Waals surface area (Å²) in [4.78, 5) is 20.5. The lowest BCUT2D eigenvalue weighted by Gasteiger charge is -2.37. The van der Waals surface area contributed by atoms with E-state index in [-0.39, 0.29) is 11.9 Å². The van der Waals surface area contributed by atoms with E-state index in [1.807, 2.05) is 47.4 Å². The van der Waals surface area contributed by atoms with Gasteiger partial charge >= 0.3 is 0 Å². The molecule has 1 saturated heterocycles. The molecule has 1 amide bonds. The molecule has 1 atom stereocenters. The molecule has 1 fully saturated rings. The molecular weight excluding hydrogens is 288 g/mol. The summed E-state index contributed by atoms with van der Waals surface area (Å²) in [6.45, 7) is 2.63. The summed E-state index contributed by atoms with van der Waals surface area (Å²) in [5.41, 5.74) is 1.61. The molecular formula is C18H18N4O. The predicted molar refractivity (Wildman–Crippen MR) is 86.5 cm³/mol. The van der Waals surface area contributed by atoms with E-state index in [9.17, 15) is 10.1 Å². The Labute approximate surface area is 135 Å². The smallest absolute Gasteiger partial charge is 0.253 e. The molecule has 23 heavy (non-hydrogen) atoms. The highest BCUT2D eigenvalue weighted by Gasteiger charge is 2.27. The first-order valence-corrected chi connectivity index (χ1v) is 7.67. The van der Waals surface area contributed by atoms with E-state index >= 15 is 0 Å². The largest absolute Gasteiger partial charge is 0.336 e. The molecule has 2 aromatic rings. The number of benzene rings is 1. The second kappa shape index (κ2) is 7.03. The van der Waals surface area contributed by atoms with Crippen molar-refractivity contribution in [3.63, 3.8) is 0 Å². The first-order valence-electron chi connectivity index (χ1n) is 7.67. The lowest BCUT2D eigenvalue weighted by atomic mass is 10.1. The summed E-state index contributed by atoms with van der Waals surface area (Å²) in [5.74, 6) is 0.0557. The van der Waals surface area contributed by atoms with Crippen LogP contribution in [0.25, 0.3) is 0 Å². The maximum Gasteiger partial charge on any atom is 0.253 e. The zero-order valence-corrected chi connectivity index (χ0v) is 12.8. The maximum absolute atomic E-state index is 12.4. The Bertz CT molecular complexity index is 688. The minimum absolute atomic E-state index is 0.0557. The number of nitrogens with zero attached hydrogens (tertiary/aromatic N) is 4. The Balaban J connectivity index is 1.64. The normalized spacial score (nSPS) is 16.6. The van der Waals surface area contributed by atoms with Crippen molar-refractivity contribution in [2.75, 3.05) is 26.2 Å². The molecule has 1 aromatic carbocycles. The number of hydrogen-bond acceptors (Lipinski definition) is 4. The molecule has 0 saturated carbocycles. The van der Waals surface area contributed by atoms with E-state index in [1.165, 1.54) is 0 Å². The highest BCUT2D eigenvalue weighted by molar-refractivity contribution is 5.94. The molecule has 1 aliphatic rings. The van der Waals surface area contributed by atoms with Gasteiger partial charge in [0.1, 0.15) is 6.04 Å². The van der Waals surface area contributed by atoms with Crippen LogP contribution in [0.2, 0.25) is 0 Å². The summed E-state index contributed by atoms with van der Waals surface area (Å²) in [6.07, 6.45) is 3.43. The van der Waals surface area contributed by atoms with Crippen LogP contribution in [0.1, 0.15) is 22.0 Å². The van der Waals surface area contributed by atoms with Crippen LogP contribution in [0.5, 0.6) is 0 Å². The molecule has 2 heterocycles. The van der Waals surface area contributed by atoms with Crippen molar-refractivity contribution in [2.45, 2.75) is 6.04 Å². The number of aromatic nitrogens is 1. The molecule has 0 radical (unpaired) electrons. The van der Waals surface area contributed by atoms with Gasteiger partial charge in [0.2, 0.25) is 0 Å². The van der Waals surface area contributed by atoms with Crippen LogP contribution in [0.3, 0.4) is 0 Å². The van der Waals surface area contributed by atoms with Crippen LogP contribution in [-0.2, 0) is 0 Å². The molecule has 1 aromatic heterocycles. The highest BCUT2D eigenvalue weighted by Crippen LogP contribution is 2.21. The summed E-state index contributed by atoms with van der Waals surface area (Å²) >= 11 is 0. The molecule has 1 unspecified atom stereocenters. The third-order valence-electron chi connectivity index (χ3n) is 4.11. The van der Waals surface area contributed by atoms with E-state index in [2.05, 4.69) is 16.0 Å². The van der Waals surface area contributed by atoms with Crippen LogP contribution in [0.4, 0.5) is 0 Å². The van der Waals surface area contributed by atoms with Crippen molar-refractivity contribution in [1.29, 1.82) is 5.26 Å². The molecule has 5 nitrogen and oxygen atoms in total. The average Bonchev–Trinajstić information content (AvgIpc) is 2.64. The van der Waals surface area contributed by atoms with Gasteiger partial charge in [0.05, 0.1) is 6.07 Å². The SMILES string of the molecule is N#CC(c1cccnc1)N1CCN(C(=O)c2ccccc2)CC1. The van der Waals surface area contributed by atoms with E-state index in [0.29, 0.717) is 31.7 Å². The van der Waals surface area contributed by atoms with Gasteiger partial charge in [-0.15, -0.1) is 0 Å². The van der Waals surface area contributed by atoms with Crippen molar-refractivity contribution in [3.05, 3.63) is 66.0 Å². The van der Waals surface area contributed by atoms with Crippen LogP contribution in [-0.4, -0.2) is 46.9 Å². The molecule has 0 aliphatic carbocycles. The zero-order chi connectivity index (χ0) is 16.1. The molecule has 0 N–H and O–H groups in total. The van der Waals surface area contributed by atoms with Crippen molar-refractivity contribution < 1.29 is 4.79 Å². The average molecular weight is 306 g/mol. The molecule has 3 rings (SSSR count). The summed E-state index contributed by atoms with van der Waals surface area (Å²) in [5, 5.41) is 9.48. The fourth-order valence-electron chi connectivity index (χ4n) is 2.85. The Morgan fingerprint density at radius 2 is 1.83 bits per heavy atom.